The number of aromatic hydroxyl groups is 1. The first kappa shape index (κ1) is 17.5. The van der Waals surface area contributed by atoms with Crippen molar-refractivity contribution >= 4 is 5.78 Å². The molecule has 0 saturated heterocycles. The Bertz CT molecular complexity index is 492. The van der Waals surface area contributed by atoms with E-state index in [4.69, 9.17) is 4.74 Å². The van der Waals surface area contributed by atoms with Gasteiger partial charge in [0.25, 0.3) is 0 Å². The molecule has 0 spiro atoms. The molecule has 4 nitrogen and oxygen atoms in total. The van der Waals surface area contributed by atoms with Crippen molar-refractivity contribution < 1.29 is 19.7 Å². The standard InChI is InChI=1S/C17H26O4/c1-5-6-7-15(19)13-9-12(8-11(2)3)16(20)14(10-18)17(13)21-4/h9,11,18,20H,5-8,10H2,1-4H3. The highest BCUT2D eigenvalue weighted by atomic mass is 16.5. The average molecular weight is 294 g/mol. The van der Waals surface area contributed by atoms with Crippen molar-refractivity contribution in [3.8, 4) is 11.5 Å². The number of aliphatic hydroxyl groups excluding tert-OH is 1. The second-order valence-corrected chi connectivity index (χ2v) is 5.73. The fraction of sp³-hybridized carbons (Fsp3) is 0.588. The number of ketones is 1. The third-order valence-corrected chi connectivity index (χ3v) is 3.48. The molecular weight excluding hydrogens is 268 g/mol. The number of hydrogen-bond donors (Lipinski definition) is 2. The highest BCUT2D eigenvalue weighted by Gasteiger charge is 2.22. The Balaban J connectivity index is 3.35. The number of carbonyl (C=O) groups is 1. The number of aliphatic hydroxyl groups is 1. The van der Waals surface area contributed by atoms with Crippen molar-refractivity contribution in [2.45, 2.75) is 53.1 Å². The highest BCUT2D eigenvalue weighted by Crippen LogP contribution is 2.37. The number of Topliss-reactive ketones (excluding diaryl/α,β-unsaturated/α-hetero) is 1. The summed E-state index contributed by atoms with van der Waals surface area (Å²) in [5.74, 6) is 0.668. The predicted molar refractivity (Wildman–Crippen MR) is 83.0 cm³/mol. The quantitative estimate of drug-likeness (QED) is 0.720. The molecule has 0 radical (unpaired) electrons. The van der Waals surface area contributed by atoms with Gasteiger partial charge >= 0.3 is 0 Å². The normalized spacial score (nSPS) is 11.0. The molecule has 0 aliphatic heterocycles. The molecule has 1 aromatic carbocycles. The number of hydrogen-bond acceptors (Lipinski definition) is 4. The first-order valence-corrected chi connectivity index (χ1v) is 7.51. The molecule has 0 aliphatic carbocycles. The number of unbranched alkanes of at least 4 members (excludes halogenated alkanes) is 1. The SMILES string of the molecule is CCCCC(=O)c1cc(CC(C)C)c(O)c(CO)c1OC. The molecule has 0 atom stereocenters. The van der Waals surface area contributed by atoms with Crippen molar-refractivity contribution in [2.75, 3.05) is 7.11 Å². The molecular formula is C17H26O4. The summed E-state index contributed by atoms with van der Waals surface area (Å²) in [6, 6.07) is 1.71. The molecule has 0 aliphatic rings. The lowest BCUT2D eigenvalue weighted by molar-refractivity contribution is 0.0976. The summed E-state index contributed by atoms with van der Waals surface area (Å²) in [7, 11) is 1.45. The largest absolute Gasteiger partial charge is 0.507 e. The number of methoxy groups -OCH3 is 1. The van der Waals surface area contributed by atoms with Crippen LogP contribution in [-0.2, 0) is 13.0 Å². The third-order valence-electron chi connectivity index (χ3n) is 3.48. The van der Waals surface area contributed by atoms with Crippen molar-refractivity contribution in [1.82, 2.24) is 0 Å². The Morgan fingerprint density at radius 2 is 2.05 bits per heavy atom. The maximum absolute atomic E-state index is 12.4. The Hall–Kier alpha value is -1.55. The van der Waals surface area contributed by atoms with E-state index in [-0.39, 0.29) is 18.1 Å². The van der Waals surface area contributed by atoms with Gasteiger partial charge in [-0.1, -0.05) is 27.2 Å². The minimum Gasteiger partial charge on any atom is -0.507 e. The van der Waals surface area contributed by atoms with E-state index in [1.54, 1.807) is 6.07 Å². The first-order valence-electron chi connectivity index (χ1n) is 7.51. The smallest absolute Gasteiger partial charge is 0.166 e. The number of rotatable bonds is 8. The molecule has 0 aromatic heterocycles. The second-order valence-electron chi connectivity index (χ2n) is 5.73. The lowest BCUT2D eigenvalue weighted by atomic mass is 9.93. The van der Waals surface area contributed by atoms with E-state index < -0.39 is 0 Å². The number of phenols is 1. The third kappa shape index (κ3) is 4.21. The van der Waals surface area contributed by atoms with Crippen molar-refractivity contribution in [3.63, 3.8) is 0 Å². The van der Waals surface area contributed by atoms with Gasteiger partial charge in [-0.3, -0.25) is 4.79 Å². The molecule has 2 N–H and O–H groups in total. The minimum absolute atomic E-state index is 0.00611. The van der Waals surface area contributed by atoms with Crippen LogP contribution in [0.1, 0.15) is 61.5 Å². The van der Waals surface area contributed by atoms with Gasteiger partial charge in [0.15, 0.2) is 5.78 Å². The summed E-state index contributed by atoms with van der Waals surface area (Å²) in [5, 5.41) is 19.8. The van der Waals surface area contributed by atoms with Gasteiger partial charge in [0.05, 0.1) is 24.8 Å². The van der Waals surface area contributed by atoms with E-state index in [2.05, 4.69) is 0 Å². The summed E-state index contributed by atoms with van der Waals surface area (Å²) in [4.78, 5) is 12.4. The second kappa shape index (κ2) is 8.03. The molecule has 4 heteroatoms. The molecule has 0 unspecified atom stereocenters. The lowest BCUT2D eigenvalue weighted by Crippen LogP contribution is -2.08. The van der Waals surface area contributed by atoms with Gasteiger partial charge in [-0.05, 0) is 30.4 Å². The van der Waals surface area contributed by atoms with Gasteiger partial charge in [0.1, 0.15) is 11.5 Å². The minimum atomic E-state index is -0.352. The molecule has 21 heavy (non-hydrogen) atoms. The van der Waals surface area contributed by atoms with Crippen LogP contribution in [0.4, 0.5) is 0 Å². The Morgan fingerprint density at radius 3 is 2.52 bits per heavy atom. The Labute approximate surface area is 126 Å². The van der Waals surface area contributed by atoms with Crippen molar-refractivity contribution in [3.05, 3.63) is 22.8 Å². The van der Waals surface area contributed by atoms with E-state index in [1.807, 2.05) is 20.8 Å². The van der Waals surface area contributed by atoms with Crippen LogP contribution < -0.4 is 4.74 Å². The summed E-state index contributed by atoms with van der Waals surface area (Å²) < 4.78 is 5.27. The first-order chi connectivity index (χ1) is 9.96. The lowest BCUT2D eigenvalue weighted by Gasteiger charge is -2.17. The molecule has 118 valence electrons. The fourth-order valence-corrected chi connectivity index (χ4v) is 2.43. The zero-order valence-corrected chi connectivity index (χ0v) is 13.4. The average Bonchev–Trinajstić information content (AvgIpc) is 2.45. The van der Waals surface area contributed by atoms with Gasteiger partial charge < -0.3 is 14.9 Å². The predicted octanol–water partition coefficient (Wildman–Crippen LogP) is 3.46. The Kier molecular flexibility index (Phi) is 6.69. The summed E-state index contributed by atoms with van der Waals surface area (Å²) >= 11 is 0. The van der Waals surface area contributed by atoms with Crippen molar-refractivity contribution in [1.29, 1.82) is 0 Å². The van der Waals surface area contributed by atoms with Crippen LogP contribution in [0.25, 0.3) is 0 Å². The zero-order valence-electron chi connectivity index (χ0n) is 13.4. The summed E-state index contributed by atoms with van der Waals surface area (Å²) in [6.45, 7) is 5.77. The van der Waals surface area contributed by atoms with Crippen LogP contribution in [0.3, 0.4) is 0 Å². The van der Waals surface area contributed by atoms with Crippen LogP contribution in [-0.4, -0.2) is 23.1 Å². The molecule has 0 saturated carbocycles. The number of ether oxygens (including phenoxy) is 1. The van der Waals surface area contributed by atoms with Crippen LogP contribution in [0.5, 0.6) is 11.5 Å². The van der Waals surface area contributed by atoms with E-state index in [0.717, 1.165) is 12.8 Å². The maximum atomic E-state index is 12.4. The van der Waals surface area contributed by atoms with E-state index in [1.165, 1.54) is 7.11 Å². The van der Waals surface area contributed by atoms with E-state index in [0.29, 0.717) is 41.2 Å². The van der Waals surface area contributed by atoms with Crippen LogP contribution in [0, 0.1) is 5.92 Å². The molecule has 0 heterocycles. The maximum Gasteiger partial charge on any atom is 0.166 e. The van der Waals surface area contributed by atoms with Gasteiger partial charge in [0.2, 0.25) is 0 Å². The fourth-order valence-electron chi connectivity index (χ4n) is 2.43. The van der Waals surface area contributed by atoms with Gasteiger partial charge in [-0.2, -0.15) is 0 Å². The Morgan fingerprint density at radius 1 is 1.38 bits per heavy atom. The summed E-state index contributed by atoms with van der Waals surface area (Å²) in [5.41, 5.74) is 1.45. The molecule has 1 rings (SSSR count). The molecule has 0 amide bonds. The number of benzene rings is 1. The van der Waals surface area contributed by atoms with E-state index in [9.17, 15) is 15.0 Å². The zero-order chi connectivity index (χ0) is 16.0. The van der Waals surface area contributed by atoms with Gasteiger partial charge in [-0.25, -0.2) is 0 Å². The summed E-state index contributed by atoms with van der Waals surface area (Å²) in [6.07, 6.45) is 2.86. The van der Waals surface area contributed by atoms with Gasteiger partial charge in [-0.15, -0.1) is 0 Å². The topological polar surface area (TPSA) is 66.8 Å². The highest BCUT2D eigenvalue weighted by molar-refractivity contribution is 5.99. The van der Waals surface area contributed by atoms with Crippen LogP contribution >= 0.6 is 0 Å². The number of carbonyl (C=O) groups excluding carboxylic acids is 1. The molecule has 0 fully saturated rings. The molecule has 1 aromatic rings. The monoisotopic (exact) mass is 294 g/mol. The van der Waals surface area contributed by atoms with E-state index >= 15 is 0 Å². The van der Waals surface area contributed by atoms with Gasteiger partial charge in [0, 0.05) is 6.42 Å². The van der Waals surface area contributed by atoms with Crippen LogP contribution in [0.15, 0.2) is 6.07 Å². The van der Waals surface area contributed by atoms with Crippen molar-refractivity contribution in [2.24, 2.45) is 5.92 Å². The van der Waals surface area contributed by atoms with Crippen LogP contribution in [0.2, 0.25) is 0 Å². The molecule has 0 bridgehead atoms.